The van der Waals surface area contributed by atoms with Gasteiger partial charge in [0.2, 0.25) is 0 Å². The van der Waals surface area contributed by atoms with Gasteiger partial charge in [-0.2, -0.15) is 0 Å². The van der Waals surface area contributed by atoms with Crippen LogP contribution in [0.3, 0.4) is 0 Å². The van der Waals surface area contributed by atoms with E-state index in [1.165, 1.54) is 0 Å². The third-order valence-electron chi connectivity index (χ3n) is 3.12. The Morgan fingerprint density at radius 1 is 1.00 bits per heavy atom. The van der Waals surface area contributed by atoms with E-state index in [0.717, 1.165) is 10.8 Å². The number of anilines is 1. The molecule has 22 heavy (non-hydrogen) atoms. The number of amides is 1. The number of benzene rings is 3. The molecule has 1 amide bonds. The fraction of sp³-hybridized carbons (Fsp3) is 0. The maximum atomic E-state index is 11.9. The van der Waals surface area contributed by atoms with Crippen molar-refractivity contribution in [3.8, 4) is 11.5 Å². The van der Waals surface area contributed by atoms with E-state index < -0.39 is 6.09 Å². The highest BCUT2D eigenvalue weighted by Gasteiger charge is 2.10. The van der Waals surface area contributed by atoms with Crippen LogP contribution >= 0.6 is 11.6 Å². The van der Waals surface area contributed by atoms with Gasteiger partial charge in [-0.05, 0) is 47.2 Å². The summed E-state index contributed by atoms with van der Waals surface area (Å²) in [4.78, 5) is 11.9. The number of hydrogen-bond acceptors (Lipinski definition) is 3. The number of rotatable bonds is 2. The number of aromatic hydroxyl groups is 1. The molecule has 0 saturated heterocycles. The van der Waals surface area contributed by atoms with Crippen LogP contribution < -0.4 is 10.1 Å². The van der Waals surface area contributed by atoms with Crippen LogP contribution in [0, 0.1) is 0 Å². The quantitative estimate of drug-likeness (QED) is 0.713. The molecule has 2 N–H and O–H groups in total. The van der Waals surface area contributed by atoms with E-state index in [2.05, 4.69) is 5.32 Å². The predicted octanol–water partition coefficient (Wildman–Crippen LogP) is 4.81. The Morgan fingerprint density at radius 3 is 2.32 bits per heavy atom. The number of phenolic OH excluding ortho intramolecular Hbond substituents is 1. The normalized spacial score (nSPS) is 10.4. The Kier molecular flexibility index (Phi) is 3.85. The summed E-state index contributed by atoms with van der Waals surface area (Å²) < 4.78 is 5.15. The SMILES string of the molecule is O=C(Nc1ccc(Cl)cc1)Oc1cc2ccccc2cc1O. The first kappa shape index (κ1) is 14.2. The van der Waals surface area contributed by atoms with Crippen molar-refractivity contribution in [2.75, 3.05) is 5.32 Å². The molecule has 3 aromatic rings. The largest absolute Gasteiger partial charge is 0.504 e. The van der Waals surface area contributed by atoms with Crippen LogP contribution in [0.5, 0.6) is 11.5 Å². The topological polar surface area (TPSA) is 58.6 Å². The van der Waals surface area contributed by atoms with Crippen molar-refractivity contribution >= 4 is 34.2 Å². The number of halogens is 1. The highest BCUT2D eigenvalue weighted by atomic mass is 35.5. The molecule has 4 nitrogen and oxygen atoms in total. The summed E-state index contributed by atoms with van der Waals surface area (Å²) in [6, 6.07) is 17.3. The van der Waals surface area contributed by atoms with E-state index in [1.54, 1.807) is 36.4 Å². The Labute approximate surface area is 131 Å². The van der Waals surface area contributed by atoms with Gasteiger partial charge in [-0.15, -0.1) is 0 Å². The third kappa shape index (κ3) is 3.13. The minimum Gasteiger partial charge on any atom is -0.504 e. The second-order valence-electron chi connectivity index (χ2n) is 4.69. The highest BCUT2D eigenvalue weighted by Crippen LogP contribution is 2.31. The van der Waals surface area contributed by atoms with Gasteiger partial charge in [0.05, 0.1) is 0 Å². The van der Waals surface area contributed by atoms with E-state index in [-0.39, 0.29) is 11.5 Å². The Bertz CT molecular complexity index is 831. The van der Waals surface area contributed by atoms with E-state index in [4.69, 9.17) is 16.3 Å². The molecule has 0 radical (unpaired) electrons. The lowest BCUT2D eigenvalue weighted by atomic mass is 10.1. The molecule has 3 aromatic carbocycles. The minimum absolute atomic E-state index is 0.0926. The molecule has 3 rings (SSSR count). The summed E-state index contributed by atoms with van der Waals surface area (Å²) in [5.41, 5.74) is 0.551. The van der Waals surface area contributed by atoms with Crippen LogP contribution in [-0.2, 0) is 0 Å². The van der Waals surface area contributed by atoms with Crippen molar-refractivity contribution in [2.45, 2.75) is 0 Å². The number of carbonyl (C=O) groups is 1. The summed E-state index contributed by atoms with van der Waals surface area (Å²) >= 11 is 5.78. The molecule has 0 spiro atoms. The zero-order valence-corrected chi connectivity index (χ0v) is 12.2. The van der Waals surface area contributed by atoms with E-state index in [9.17, 15) is 9.90 Å². The molecule has 5 heteroatoms. The van der Waals surface area contributed by atoms with Gasteiger partial charge in [0.25, 0.3) is 0 Å². The van der Waals surface area contributed by atoms with Crippen molar-refractivity contribution in [3.63, 3.8) is 0 Å². The first-order valence-corrected chi connectivity index (χ1v) is 6.96. The third-order valence-corrected chi connectivity index (χ3v) is 3.37. The fourth-order valence-electron chi connectivity index (χ4n) is 2.07. The van der Waals surface area contributed by atoms with Crippen molar-refractivity contribution in [1.29, 1.82) is 0 Å². The molecule has 0 aliphatic rings. The number of ether oxygens (including phenoxy) is 1. The zero-order chi connectivity index (χ0) is 15.5. The van der Waals surface area contributed by atoms with E-state index >= 15 is 0 Å². The summed E-state index contributed by atoms with van der Waals surface area (Å²) in [6.07, 6.45) is -0.687. The summed E-state index contributed by atoms with van der Waals surface area (Å²) in [5.74, 6) is 0.00937. The van der Waals surface area contributed by atoms with Crippen LogP contribution in [0.1, 0.15) is 0 Å². The first-order chi connectivity index (χ1) is 10.6. The van der Waals surface area contributed by atoms with Crippen LogP contribution in [0.4, 0.5) is 10.5 Å². The van der Waals surface area contributed by atoms with Gasteiger partial charge in [0, 0.05) is 10.7 Å². The average molecular weight is 314 g/mol. The minimum atomic E-state index is -0.687. The maximum Gasteiger partial charge on any atom is 0.417 e. The molecule has 0 atom stereocenters. The average Bonchev–Trinajstić information content (AvgIpc) is 2.50. The molecule has 0 heterocycles. The highest BCUT2D eigenvalue weighted by molar-refractivity contribution is 6.30. The van der Waals surface area contributed by atoms with E-state index in [1.807, 2.05) is 24.3 Å². The summed E-state index contributed by atoms with van der Waals surface area (Å²) in [6.45, 7) is 0. The zero-order valence-electron chi connectivity index (χ0n) is 11.4. The molecule has 0 aromatic heterocycles. The fourth-order valence-corrected chi connectivity index (χ4v) is 2.19. The van der Waals surface area contributed by atoms with E-state index in [0.29, 0.717) is 10.7 Å². The molecule has 0 bridgehead atoms. The number of carbonyl (C=O) groups excluding carboxylic acids is 1. The second kappa shape index (κ2) is 5.95. The number of nitrogens with one attached hydrogen (secondary N) is 1. The molecule has 0 unspecified atom stereocenters. The van der Waals surface area contributed by atoms with Gasteiger partial charge in [-0.1, -0.05) is 35.9 Å². The second-order valence-corrected chi connectivity index (χ2v) is 5.12. The molecular formula is C17H12ClNO3. The van der Waals surface area contributed by atoms with Gasteiger partial charge < -0.3 is 9.84 Å². The summed E-state index contributed by atoms with van der Waals surface area (Å²) in [5, 5.41) is 14.8. The monoisotopic (exact) mass is 313 g/mol. The molecule has 0 aliphatic heterocycles. The van der Waals surface area contributed by atoms with Gasteiger partial charge in [0.15, 0.2) is 11.5 Å². The summed E-state index contributed by atoms with van der Waals surface area (Å²) in [7, 11) is 0. The number of fused-ring (bicyclic) bond motifs is 1. The van der Waals surface area contributed by atoms with Crippen molar-refractivity contribution in [3.05, 3.63) is 65.7 Å². The van der Waals surface area contributed by atoms with Crippen LogP contribution in [-0.4, -0.2) is 11.2 Å². The van der Waals surface area contributed by atoms with Crippen molar-refractivity contribution in [2.24, 2.45) is 0 Å². The lowest BCUT2D eigenvalue weighted by Gasteiger charge is -2.09. The lowest BCUT2D eigenvalue weighted by Crippen LogP contribution is -2.16. The van der Waals surface area contributed by atoms with Crippen LogP contribution in [0.2, 0.25) is 5.02 Å². The van der Waals surface area contributed by atoms with Crippen molar-refractivity contribution < 1.29 is 14.6 Å². The number of hydrogen-bond donors (Lipinski definition) is 2. The lowest BCUT2D eigenvalue weighted by molar-refractivity contribution is 0.213. The van der Waals surface area contributed by atoms with Gasteiger partial charge in [-0.25, -0.2) is 4.79 Å². The molecular weight excluding hydrogens is 302 g/mol. The van der Waals surface area contributed by atoms with Gasteiger partial charge >= 0.3 is 6.09 Å². The molecule has 110 valence electrons. The first-order valence-electron chi connectivity index (χ1n) is 6.58. The smallest absolute Gasteiger partial charge is 0.417 e. The number of phenols is 1. The van der Waals surface area contributed by atoms with Crippen LogP contribution in [0.25, 0.3) is 10.8 Å². The molecule has 0 saturated carbocycles. The van der Waals surface area contributed by atoms with Gasteiger partial charge in [0.1, 0.15) is 0 Å². The Hall–Kier alpha value is -2.72. The van der Waals surface area contributed by atoms with Crippen molar-refractivity contribution in [1.82, 2.24) is 0 Å². The molecule has 0 fully saturated rings. The Balaban J connectivity index is 1.78. The van der Waals surface area contributed by atoms with Gasteiger partial charge in [-0.3, -0.25) is 5.32 Å². The molecule has 0 aliphatic carbocycles. The maximum absolute atomic E-state index is 11.9. The standard InChI is InChI=1S/C17H12ClNO3/c18-13-5-7-14(8-6-13)19-17(21)22-16-10-12-4-2-1-3-11(12)9-15(16)20/h1-10,20H,(H,19,21). The Morgan fingerprint density at radius 2 is 1.64 bits per heavy atom. The predicted molar refractivity (Wildman–Crippen MR) is 86.7 cm³/mol. The van der Waals surface area contributed by atoms with Crippen LogP contribution in [0.15, 0.2) is 60.7 Å².